The van der Waals surface area contributed by atoms with E-state index in [0.717, 1.165) is 4.31 Å². The van der Waals surface area contributed by atoms with Gasteiger partial charge in [0.15, 0.2) is 0 Å². The number of hydrogen-bond acceptors (Lipinski definition) is 4. The largest absolute Gasteiger partial charge is 0.477 e. The highest BCUT2D eigenvalue weighted by Gasteiger charge is 2.38. The molecule has 1 aliphatic rings. The normalized spacial score (nSPS) is 20.3. The molecule has 8 nitrogen and oxygen atoms in total. The van der Waals surface area contributed by atoms with Crippen molar-refractivity contribution in [3.05, 3.63) is 17.0 Å². The van der Waals surface area contributed by atoms with Crippen LogP contribution in [0.4, 0.5) is 0 Å². The lowest BCUT2D eigenvalue weighted by Crippen LogP contribution is -2.55. The third-order valence-corrected chi connectivity index (χ3v) is 5.84. The maximum Gasteiger partial charge on any atom is 0.352 e. The highest BCUT2D eigenvalue weighted by atomic mass is 32.2. The monoisotopic (exact) mass is 315 g/mol. The molecule has 0 aliphatic carbocycles. The lowest BCUT2D eigenvalue weighted by atomic mass is 10.2. The van der Waals surface area contributed by atoms with E-state index in [2.05, 4.69) is 10.3 Å². The number of nitrogens with zero attached hydrogens (tertiary/aromatic N) is 1. The number of H-pyrrole nitrogens is 1. The van der Waals surface area contributed by atoms with E-state index < -0.39 is 22.0 Å². The van der Waals surface area contributed by atoms with Gasteiger partial charge in [0, 0.05) is 24.3 Å². The van der Waals surface area contributed by atoms with Gasteiger partial charge in [-0.05, 0) is 20.8 Å². The van der Waals surface area contributed by atoms with Crippen LogP contribution in [0, 0.1) is 13.8 Å². The summed E-state index contributed by atoms with van der Waals surface area (Å²) in [5.74, 6) is -1.59. The first-order chi connectivity index (χ1) is 9.67. The number of aromatic amines is 1. The van der Waals surface area contributed by atoms with Crippen LogP contribution in [0.25, 0.3) is 0 Å². The Bertz CT molecular complexity index is 707. The number of amides is 1. The summed E-state index contributed by atoms with van der Waals surface area (Å²) in [6.45, 7) is 4.83. The van der Waals surface area contributed by atoms with Crippen LogP contribution in [0.3, 0.4) is 0 Å². The van der Waals surface area contributed by atoms with E-state index in [4.69, 9.17) is 5.11 Å². The van der Waals surface area contributed by atoms with Gasteiger partial charge in [0.05, 0.1) is 0 Å². The maximum absolute atomic E-state index is 12.8. The number of carboxylic acids is 1. The molecule has 0 aromatic carbocycles. The molecule has 1 saturated heterocycles. The molecule has 21 heavy (non-hydrogen) atoms. The molecule has 1 aromatic rings. The molecule has 0 saturated carbocycles. The van der Waals surface area contributed by atoms with Crippen molar-refractivity contribution >= 4 is 21.9 Å². The van der Waals surface area contributed by atoms with Crippen LogP contribution in [0.5, 0.6) is 0 Å². The fourth-order valence-electron chi connectivity index (χ4n) is 2.54. The second-order valence-corrected chi connectivity index (χ2v) is 6.79. The Hall–Kier alpha value is -1.87. The minimum atomic E-state index is -3.94. The van der Waals surface area contributed by atoms with Gasteiger partial charge in [0.25, 0.3) is 0 Å². The van der Waals surface area contributed by atoms with E-state index >= 15 is 0 Å². The molecule has 1 aromatic heterocycles. The molecule has 2 rings (SSSR count). The summed E-state index contributed by atoms with van der Waals surface area (Å²) in [5, 5.41) is 11.7. The molecule has 1 amide bonds. The van der Waals surface area contributed by atoms with Gasteiger partial charge in [-0.25, -0.2) is 13.2 Å². The van der Waals surface area contributed by atoms with Crippen LogP contribution < -0.4 is 5.32 Å². The van der Waals surface area contributed by atoms with E-state index in [1.165, 1.54) is 20.8 Å². The van der Waals surface area contributed by atoms with Crippen LogP contribution in [0.15, 0.2) is 4.90 Å². The van der Waals surface area contributed by atoms with Gasteiger partial charge in [-0.15, -0.1) is 0 Å². The van der Waals surface area contributed by atoms with E-state index in [1.807, 2.05) is 0 Å². The summed E-state index contributed by atoms with van der Waals surface area (Å²) in [6.07, 6.45) is 0. The summed E-state index contributed by atoms with van der Waals surface area (Å²) in [4.78, 5) is 25.3. The zero-order chi connectivity index (χ0) is 15.9. The van der Waals surface area contributed by atoms with Crippen LogP contribution in [0.1, 0.15) is 28.7 Å². The SMILES string of the molecule is Cc1[nH]c(C(=O)O)c(C)c1S(=O)(=O)N1CCNC(=O)C1C. The van der Waals surface area contributed by atoms with E-state index in [9.17, 15) is 18.0 Å². The standard InChI is InChI=1S/C12H17N3O5S/c1-6-9(12(17)18)14-7(2)10(6)21(19,20)15-5-4-13-11(16)8(15)3/h8,14H,4-5H2,1-3H3,(H,13,16)(H,17,18). The number of aromatic nitrogens is 1. The average molecular weight is 315 g/mol. The topological polar surface area (TPSA) is 120 Å². The summed E-state index contributed by atoms with van der Waals surface area (Å²) in [5.41, 5.74) is 0.251. The van der Waals surface area contributed by atoms with Crippen LogP contribution in [0.2, 0.25) is 0 Å². The number of nitrogens with one attached hydrogen (secondary N) is 2. The van der Waals surface area contributed by atoms with Crippen molar-refractivity contribution in [3.63, 3.8) is 0 Å². The molecular formula is C12H17N3O5S. The van der Waals surface area contributed by atoms with Gasteiger partial charge in [-0.3, -0.25) is 4.79 Å². The van der Waals surface area contributed by atoms with Gasteiger partial charge in [-0.1, -0.05) is 0 Å². The molecule has 0 radical (unpaired) electrons. The number of carbonyl (C=O) groups is 2. The van der Waals surface area contributed by atoms with E-state index in [1.54, 1.807) is 0 Å². The third kappa shape index (κ3) is 2.42. The fourth-order valence-corrected chi connectivity index (χ4v) is 4.55. The minimum absolute atomic E-state index is 0.0681. The van der Waals surface area contributed by atoms with Crippen molar-refractivity contribution in [3.8, 4) is 0 Å². The fraction of sp³-hybridized carbons (Fsp3) is 0.500. The first kappa shape index (κ1) is 15.5. The predicted molar refractivity (Wildman–Crippen MR) is 73.6 cm³/mol. The molecule has 3 N–H and O–H groups in total. The average Bonchev–Trinajstić information content (AvgIpc) is 2.68. The molecule has 1 fully saturated rings. The van der Waals surface area contributed by atoms with Crippen molar-refractivity contribution in [2.24, 2.45) is 0 Å². The number of rotatable bonds is 3. The third-order valence-electron chi connectivity index (χ3n) is 3.59. The number of carbonyl (C=O) groups excluding carboxylic acids is 1. The van der Waals surface area contributed by atoms with E-state index in [0.29, 0.717) is 0 Å². The summed E-state index contributed by atoms with van der Waals surface area (Å²) < 4.78 is 26.6. The zero-order valence-corrected chi connectivity index (χ0v) is 12.7. The number of aromatic carboxylic acids is 1. The second kappa shape index (κ2) is 5.15. The highest BCUT2D eigenvalue weighted by molar-refractivity contribution is 7.89. The van der Waals surface area contributed by atoms with Crippen molar-refractivity contribution in [1.82, 2.24) is 14.6 Å². The molecule has 1 aliphatic heterocycles. The van der Waals surface area contributed by atoms with Gasteiger partial charge in [0.1, 0.15) is 16.6 Å². The molecule has 9 heteroatoms. The van der Waals surface area contributed by atoms with E-state index in [-0.39, 0.29) is 40.8 Å². The Morgan fingerprint density at radius 1 is 1.38 bits per heavy atom. The lowest BCUT2D eigenvalue weighted by molar-refractivity contribution is -0.126. The molecule has 0 bridgehead atoms. The number of hydrogen-bond donors (Lipinski definition) is 3. The lowest BCUT2D eigenvalue weighted by Gasteiger charge is -2.31. The Morgan fingerprint density at radius 2 is 2.00 bits per heavy atom. The quantitative estimate of drug-likeness (QED) is 0.716. The maximum atomic E-state index is 12.8. The number of sulfonamides is 1. The first-order valence-corrected chi connectivity index (χ1v) is 7.84. The van der Waals surface area contributed by atoms with Gasteiger partial charge < -0.3 is 15.4 Å². The molecule has 1 unspecified atom stereocenters. The van der Waals surface area contributed by atoms with Gasteiger partial charge in [0.2, 0.25) is 15.9 Å². The van der Waals surface area contributed by atoms with Gasteiger partial charge in [-0.2, -0.15) is 4.31 Å². The summed E-state index contributed by atoms with van der Waals surface area (Å²) in [7, 11) is -3.94. The predicted octanol–water partition coefficient (Wildman–Crippen LogP) is -0.161. The number of carboxylic acid groups (broad SMARTS) is 1. The highest BCUT2D eigenvalue weighted by Crippen LogP contribution is 2.28. The number of aryl methyl sites for hydroxylation is 1. The van der Waals surface area contributed by atoms with Crippen molar-refractivity contribution in [2.45, 2.75) is 31.7 Å². The smallest absolute Gasteiger partial charge is 0.352 e. The van der Waals surface area contributed by atoms with Crippen molar-refractivity contribution in [1.29, 1.82) is 0 Å². The minimum Gasteiger partial charge on any atom is -0.477 e. The van der Waals surface area contributed by atoms with Crippen LogP contribution >= 0.6 is 0 Å². The Morgan fingerprint density at radius 3 is 2.52 bits per heavy atom. The Kier molecular flexibility index (Phi) is 3.81. The molecule has 2 heterocycles. The molecule has 1 atom stereocenters. The number of piperazine rings is 1. The Labute approximate surface area is 122 Å². The first-order valence-electron chi connectivity index (χ1n) is 6.40. The molecule has 0 spiro atoms. The molecular weight excluding hydrogens is 298 g/mol. The van der Waals surface area contributed by atoms with Crippen LogP contribution in [-0.2, 0) is 14.8 Å². The zero-order valence-electron chi connectivity index (χ0n) is 11.9. The van der Waals surface area contributed by atoms with Crippen LogP contribution in [-0.4, -0.2) is 53.8 Å². The summed E-state index contributed by atoms with van der Waals surface area (Å²) in [6, 6.07) is -0.828. The Balaban J connectivity index is 2.55. The molecule has 116 valence electrons. The summed E-state index contributed by atoms with van der Waals surface area (Å²) >= 11 is 0. The van der Waals surface area contributed by atoms with Crippen molar-refractivity contribution in [2.75, 3.05) is 13.1 Å². The second-order valence-electron chi connectivity index (χ2n) is 4.97. The van der Waals surface area contributed by atoms with Crippen molar-refractivity contribution < 1.29 is 23.1 Å². The van der Waals surface area contributed by atoms with Gasteiger partial charge >= 0.3 is 5.97 Å².